The first-order chi connectivity index (χ1) is 14.7. The summed E-state index contributed by atoms with van der Waals surface area (Å²) in [7, 11) is 3.81. The van der Waals surface area contributed by atoms with Crippen LogP contribution in [0, 0.1) is 0 Å². The number of benzene rings is 1. The van der Waals surface area contributed by atoms with Gasteiger partial charge in [0.15, 0.2) is 11.7 Å². The monoisotopic (exact) mass is 407 g/mol. The first-order valence-electron chi connectivity index (χ1n) is 10.4. The molecule has 8 heteroatoms. The molecule has 0 bridgehead atoms. The van der Waals surface area contributed by atoms with Gasteiger partial charge in [0.2, 0.25) is 5.82 Å². The Bertz CT molecular complexity index is 940. The SMILES string of the molecule is CN=C(NCc1nc(-c2ccco2)n[nH]1)N(C)Cc1ccc(N2CCCCC2)cc1. The highest BCUT2D eigenvalue weighted by atomic mass is 16.3. The Hall–Kier alpha value is -3.29. The van der Waals surface area contributed by atoms with Crippen LogP contribution < -0.4 is 10.2 Å². The van der Waals surface area contributed by atoms with Gasteiger partial charge in [-0.15, -0.1) is 5.10 Å². The summed E-state index contributed by atoms with van der Waals surface area (Å²) in [4.78, 5) is 13.4. The summed E-state index contributed by atoms with van der Waals surface area (Å²) in [5.74, 6) is 2.72. The Labute approximate surface area is 177 Å². The highest BCUT2D eigenvalue weighted by Gasteiger charge is 2.13. The van der Waals surface area contributed by atoms with Gasteiger partial charge in [-0.25, -0.2) is 4.98 Å². The number of piperidine rings is 1. The predicted molar refractivity (Wildman–Crippen MR) is 118 cm³/mol. The average molecular weight is 408 g/mol. The van der Waals surface area contributed by atoms with Gasteiger partial charge in [0.25, 0.3) is 0 Å². The van der Waals surface area contributed by atoms with Crippen LogP contribution in [0.2, 0.25) is 0 Å². The van der Waals surface area contributed by atoms with E-state index >= 15 is 0 Å². The lowest BCUT2D eigenvalue weighted by Crippen LogP contribution is -2.38. The lowest BCUT2D eigenvalue weighted by atomic mass is 10.1. The van der Waals surface area contributed by atoms with Crippen molar-refractivity contribution >= 4 is 11.6 Å². The van der Waals surface area contributed by atoms with Crippen LogP contribution in [0.25, 0.3) is 11.6 Å². The third-order valence-electron chi connectivity index (χ3n) is 5.34. The van der Waals surface area contributed by atoms with Crippen molar-refractivity contribution < 1.29 is 4.42 Å². The summed E-state index contributed by atoms with van der Waals surface area (Å²) in [5.41, 5.74) is 2.57. The average Bonchev–Trinajstić information content (AvgIpc) is 3.47. The zero-order valence-corrected chi connectivity index (χ0v) is 17.6. The molecule has 0 saturated carbocycles. The zero-order valence-electron chi connectivity index (χ0n) is 17.6. The number of rotatable bonds is 6. The number of guanidine groups is 1. The first-order valence-corrected chi connectivity index (χ1v) is 10.4. The molecule has 8 nitrogen and oxygen atoms in total. The molecule has 0 amide bonds. The second-order valence-corrected chi connectivity index (χ2v) is 7.55. The summed E-state index contributed by atoms with van der Waals surface area (Å²) >= 11 is 0. The maximum absolute atomic E-state index is 5.33. The van der Waals surface area contributed by atoms with Gasteiger partial charge in [-0.2, -0.15) is 0 Å². The van der Waals surface area contributed by atoms with E-state index in [0.717, 1.165) is 18.3 Å². The minimum atomic E-state index is 0.499. The molecule has 0 spiro atoms. The lowest BCUT2D eigenvalue weighted by Gasteiger charge is -2.29. The van der Waals surface area contributed by atoms with E-state index in [4.69, 9.17) is 4.42 Å². The number of nitrogens with one attached hydrogen (secondary N) is 2. The van der Waals surface area contributed by atoms with Crippen LogP contribution in [-0.4, -0.2) is 53.2 Å². The third kappa shape index (κ3) is 4.82. The summed E-state index contributed by atoms with van der Waals surface area (Å²) < 4.78 is 5.33. The van der Waals surface area contributed by atoms with Crippen LogP contribution >= 0.6 is 0 Å². The maximum atomic E-state index is 5.33. The second kappa shape index (κ2) is 9.47. The van der Waals surface area contributed by atoms with E-state index in [-0.39, 0.29) is 0 Å². The van der Waals surface area contributed by atoms with Gasteiger partial charge in [0, 0.05) is 39.4 Å². The van der Waals surface area contributed by atoms with E-state index in [1.807, 2.05) is 19.2 Å². The number of anilines is 1. The number of aromatic amines is 1. The number of aromatic nitrogens is 3. The topological polar surface area (TPSA) is 85.6 Å². The summed E-state index contributed by atoms with van der Waals surface area (Å²) in [6, 6.07) is 12.5. The number of aliphatic imine (C=N–C) groups is 1. The summed E-state index contributed by atoms with van der Waals surface area (Å²) in [6.45, 7) is 3.60. The predicted octanol–water partition coefficient (Wildman–Crippen LogP) is 3.26. The molecule has 1 saturated heterocycles. The number of nitrogens with zero attached hydrogens (tertiary/aromatic N) is 5. The van der Waals surface area contributed by atoms with E-state index in [9.17, 15) is 0 Å². The van der Waals surface area contributed by atoms with Crippen molar-refractivity contribution in [2.75, 3.05) is 32.1 Å². The Morgan fingerprint density at radius 2 is 2.00 bits per heavy atom. The van der Waals surface area contributed by atoms with E-state index in [2.05, 4.69) is 59.6 Å². The zero-order chi connectivity index (χ0) is 20.8. The third-order valence-corrected chi connectivity index (χ3v) is 5.34. The molecule has 3 aromatic rings. The smallest absolute Gasteiger partial charge is 0.216 e. The van der Waals surface area contributed by atoms with Crippen LogP contribution in [-0.2, 0) is 13.1 Å². The normalized spacial score (nSPS) is 14.7. The Morgan fingerprint density at radius 1 is 1.20 bits per heavy atom. The molecule has 2 N–H and O–H groups in total. The molecule has 158 valence electrons. The molecule has 0 unspecified atom stereocenters. The standard InChI is InChI=1S/C22H29N7O/c1-23-22(24-15-20-25-21(27-26-20)19-7-6-14-30-19)28(2)16-17-8-10-18(11-9-17)29-12-4-3-5-13-29/h6-11,14H,3-5,12-13,15-16H2,1-2H3,(H,23,24)(H,25,26,27). The fraction of sp³-hybridized carbons (Fsp3) is 0.409. The van der Waals surface area contributed by atoms with Gasteiger partial charge in [0.1, 0.15) is 5.82 Å². The van der Waals surface area contributed by atoms with Crippen molar-refractivity contribution in [2.24, 2.45) is 4.99 Å². The highest BCUT2D eigenvalue weighted by molar-refractivity contribution is 5.79. The Morgan fingerprint density at radius 3 is 2.70 bits per heavy atom. The fourth-order valence-electron chi connectivity index (χ4n) is 3.75. The highest BCUT2D eigenvalue weighted by Crippen LogP contribution is 2.20. The van der Waals surface area contributed by atoms with Crippen LogP contribution in [0.3, 0.4) is 0 Å². The van der Waals surface area contributed by atoms with Crippen molar-refractivity contribution in [1.29, 1.82) is 0 Å². The van der Waals surface area contributed by atoms with Crippen molar-refractivity contribution in [3.63, 3.8) is 0 Å². The molecule has 0 radical (unpaired) electrons. The number of H-pyrrole nitrogens is 1. The van der Waals surface area contributed by atoms with Crippen LogP contribution in [0.1, 0.15) is 30.7 Å². The minimum absolute atomic E-state index is 0.499. The summed E-state index contributed by atoms with van der Waals surface area (Å²) in [5, 5.41) is 10.5. The number of hydrogen-bond donors (Lipinski definition) is 2. The molecular formula is C22H29N7O. The molecular weight excluding hydrogens is 378 g/mol. The van der Waals surface area contributed by atoms with E-state index in [1.54, 1.807) is 13.3 Å². The number of furan rings is 1. The molecule has 1 fully saturated rings. The van der Waals surface area contributed by atoms with Gasteiger partial charge in [-0.1, -0.05) is 12.1 Å². The van der Waals surface area contributed by atoms with E-state index < -0.39 is 0 Å². The fourth-order valence-corrected chi connectivity index (χ4v) is 3.75. The Kier molecular flexibility index (Phi) is 6.32. The molecule has 4 rings (SSSR count). The molecule has 1 aromatic carbocycles. The molecule has 1 aliphatic rings. The molecule has 0 aliphatic carbocycles. The Balaban J connectivity index is 1.31. The summed E-state index contributed by atoms with van der Waals surface area (Å²) in [6.07, 6.45) is 5.55. The molecule has 3 heterocycles. The van der Waals surface area contributed by atoms with Crippen molar-refractivity contribution in [2.45, 2.75) is 32.4 Å². The number of hydrogen-bond acceptors (Lipinski definition) is 5. The molecule has 0 atom stereocenters. The second-order valence-electron chi connectivity index (χ2n) is 7.55. The van der Waals surface area contributed by atoms with Crippen LogP contribution in [0.5, 0.6) is 0 Å². The van der Waals surface area contributed by atoms with E-state index in [0.29, 0.717) is 18.1 Å². The quantitative estimate of drug-likeness (QED) is 0.482. The van der Waals surface area contributed by atoms with Gasteiger partial charge in [-0.05, 0) is 49.1 Å². The van der Waals surface area contributed by atoms with Gasteiger partial charge < -0.3 is 19.5 Å². The first kappa shape index (κ1) is 20.0. The van der Waals surface area contributed by atoms with Gasteiger partial charge in [-0.3, -0.25) is 10.1 Å². The van der Waals surface area contributed by atoms with Gasteiger partial charge in [0.05, 0.1) is 12.8 Å². The molecule has 30 heavy (non-hydrogen) atoms. The van der Waals surface area contributed by atoms with Crippen LogP contribution in [0.4, 0.5) is 5.69 Å². The largest absolute Gasteiger partial charge is 0.461 e. The lowest BCUT2D eigenvalue weighted by molar-refractivity contribution is 0.475. The maximum Gasteiger partial charge on any atom is 0.216 e. The minimum Gasteiger partial charge on any atom is -0.461 e. The van der Waals surface area contributed by atoms with Crippen LogP contribution in [0.15, 0.2) is 52.1 Å². The molecule has 2 aromatic heterocycles. The van der Waals surface area contributed by atoms with Crippen molar-refractivity contribution in [3.05, 3.63) is 54.0 Å². The van der Waals surface area contributed by atoms with Crippen molar-refractivity contribution in [3.8, 4) is 11.6 Å². The van der Waals surface area contributed by atoms with Crippen molar-refractivity contribution in [1.82, 2.24) is 25.4 Å². The van der Waals surface area contributed by atoms with E-state index in [1.165, 1.54) is 43.6 Å². The van der Waals surface area contributed by atoms with Gasteiger partial charge >= 0.3 is 0 Å². The molecule has 1 aliphatic heterocycles.